The van der Waals surface area contributed by atoms with Crippen molar-refractivity contribution in [3.05, 3.63) is 35.4 Å². The van der Waals surface area contributed by atoms with Gasteiger partial charge in [0, 0.05) is 6.54 Å². The fraction of sp³-hybridized carbons (Fsp3) is 0.538. The molecule has 1 aromatic carbocycles. The summed E-state index contributed by atoms with van der Waals surface area (Å²) in [5.41, 5.74) is 8.18. The van der Waals surface area contributed by atoms with Gasteiger partial charge in [-0.3, -0.25) is 0 Å². The Morgan fingerprint density at radius 2 is 2.20 bits per heavy atom. The molecule has 0 amide bonds. The van der Waals surface area contributed by atoms with Crippen molar-refractivity contribution in [2.75, 3.05) is 13.1 Å². The van der Waals surface area contributed by atoms with Gasteiger partial charge in [-0.2, -0.15) is 0 Å². The minimum Gasteiger partial charge on any atom is -0.330 e. The summed E-state index contributed by atoms with van der Waals surface area (Å²) < 4.78 is 0. The van der Waals surface area contributed by atoms with Gasteiger partial charge < -0.3 is 11.1 Å². The maximum atomic E-state index is 5.50. The van der Waals surface area contributed by atoms with Crippen molar-refractivity contribution in [3.63, 3.8) is 0 Å². The molecular weight excluding hydrogens is 184 g/mol. The second-order valence-electron chi connectivity index (χ2n) is 4.30. The third kappa shape index (κ3) is 4.96. The molecule has 1 rings (SSSR count). The van der Waals surface area contributed by atoms with Gasteiger partial charge in [0.2, 0.25) is 0 Å². The largest absolute Gasteiger partial charge is 0.330 e. The van der Waals surface area contributed by atoms with E-state index in [0.717, 1.165) is 26.1 Å². The van der Waals surface area contributed by atoms with Gasteiger partial charge in [-0.15, -0.1) is 0 Å². The highest BCUT2D eigenvalue weighted by Gasteiger charge is 1.99. The summed E-state index contributed by atoms with van der Waals surface area (Å²) in [6, 6.07) is 8.62. The molecule has 0 saturated carbocycles. The molecule has 0 fully saturated rings. The van der Waals surface area contributed by atoms with Crippen LogP contribution in [-0.4, -0.2) is 13.1 Å². The van der Waals surface area contributed by atoms with Crippen molar-refractivity contribution in [2.24, 2.45) is 11.7 Å². The predicted molar refractivity (Wildman–Crippen MR) is 65.7 cm³/mol. The molecule has 0 aliphatic carbocycles. The normalized spacial score (nSPS) is 12.7. The molecule has 84 valence electrons. The molecule has 2 heteroatoms. The lowest BCUT2D eigenvalue weighted by molar-refractivity contribution is 0.486. The highest BCUT2D eigenvalue weighted by atomic mass is 14.9. The van der Waals surface area contributed by atoms with Crippen LogP contribution in [-0.2, 0) is 6.54 Å². The summed E-state index contributed by atoms with van der Waals surface area (Å²) in [6.07, 6.45) is 1.10. The van der Waals surface area contributed by atoms with Gasteiger partial charge in [-0.25, -0.2) is 0 Å². The van der Waals surface area contributed by atoms with Crippen molar-refractivity contribution >= 4 is 0 Å². The summed E-state index contributed by atoms with van der Waals surface area (Å²) >= 11 is 0. The van der Waals surface area contributed by atoms with Gasteiger partial charge >= 0.3 is 0 Å². The van der Waals surface area contributed by atoms with Crippen LogP contribution in [0.1, 0.15) is 24.5 Å². The first kappa shape index (κ1) is 12.2. The maximum Gasteiger partial charge on any atom is 0.0205 e. The van der Waals surface area contributed by atoms with Crippen LogP contribution in [0.15, 0.2) is 24.3 Å². The van der Waals surface area contributed by atoms with Gasteiger partial charge in [0.15, 0.2) is 0 Å². The molecule has 1 unspecified atom stereocenters. The third-order valence-electron chi connectivity index (χ3n) is 2.56. The molecule has 0 aliphatic heterocycles. The number of benzene rings is 1. The number of nitrogens with one attached hydrogen (secondary N) is 1. The summed E-state index contributed by atoms with van der Waals surface area (Å²) in [5, 5.41) is 3.46. The zero-order valence-corrected chi connectivity index (χ0v) is 9.79. The van der Waals surface area contributed by atoms with Crippen molar-refractivity contribution < 1.29 is 0 Å². The zero-order chi connectivity index (χ0) is 11.1. The Morgan fingerprint density at radius 3 is 2.87 bits per heavy atom. The summed E-state index contributed by atoms with van der Waals surface area (Å²) in [7, 11) is 0. The molecular formula is C13H22N2. The first-order valence-electron chi connectivity index (χ1n) is 5.68. The molecule has 15 heavy (non-hydrogen) atoms. The van der Waals surface area contributed by atoms with E-state index in [2.05, 4.69) is 43.4 Å². The Balaban J connectivity index is 2.25. The van der Waals surface area contributed by atoms with E-state index < -0.39 is 0 Å². The monoisotopic (exact) mass is 206 g/mol. The summed E-state index contributed by atoms with van der Waals surface area (Å²) in [4.78, 5) is 0. The molecule has 3 N–H and O–H groups in total. The average Bonchev–Trinajstić information content (AvgIpc) is 2.18. The predicted octanol–water partition coefficient (Wildman–Crippen LogP) is 2.07. The van der Waals surface area contributed by atoms with Gasteiger partial charge in [0.1, 0.15) is 0 Å². The van der Waals surface area contributed by atoms with Crippen LogP contribution >= 0.6 is 0 Å². The molecule has 0 spiro atoms. The van der Waals surface area contributed by atoms with Gasteiger partial charge in [0.05, 0.1) is 0 Å². The number of aryl methyl sites for hydroxylation is 1. The van der Waals surface area contributed by atoms with Crippen molar-refractivity contribution in [3.8, 4) is 0 Å². The first-order valence-corrected chi connectivity index (χ1v) is 5.68. The van der Waals surface area contributed by atoms with Crippen LogP contribution in [0, 0.1) is 12.8 Å². The lowest BCUT2D eigenvalue weighted by Crippen LogP contribution is -2.22. The minimum atomic E-state index is 0.666. The third-order valence-corrected chi connectivity index (χ3v) is 2.56. The molecule has 0 heterocycles. The van der Waals surface area contributed by atoms with E-state index in [1.165, 1.54) is 11.1 Å². The molecule has 0 aromatic heterocycles. The lowest BCUT2D eigenvalue weighted by atomic mass is 10.1. The van der Waals surface area contributed by atoms with E-state index in [9.17, 15) is 0 Å². The highest BCUT2D eigenvalue weighted by molar-refractivity contribution is 5.21. The van der Waals surface area contributed by atoms with Crippen molar-refractivity contribution in [1.29, 1.82) is 0 Å². The Labute approximate surface area is 92.9 Å². The first-order chi connectivity index (χ1) is 7.22. The molecule has 1 atom stereocenters. The number of hydrogen-bond donors (Lipinski definition) is 2. The SMILES string of the molecule is Cc1cccc(CNCC(C)CCN)c1. The smallest absolute Gasteiger partial charge is 0.0205 e. The van der Waals surface area contributed by atoms with Crippen LogP contribution in [0.25, 0.3) is 0 Å². The fourth-order valence-electron chi connectivity index (χ4n) is 1.67. The number of nitrogens with two attached hydrogens (primary N) is 1. The Kier molecular flexibility index (Phi) is 5.37. The van der Waals surface area contributed by atoms with Gasteiger partial charge in [-0.05, 0) is 37.9 Å². The van der Waals surface area contributed by atoms with E-state index in [1.54, 1.807) is 0 Å². The molecule has 0 aliphatic rings. The van der Waals surface area contributed by atoms with E-state index in [1.807, 2.05) is 0 Å². The Bertz CT molecular complexity index is 284. The van der Waals surface area contributed by atoms with Crippen molar-refractivity contribution in [2.45, 2.75) is 26.8 Å². The molecule has 1 aromatic rings. The fourth-order valence-corrected chi connectivity index (χ4v) is 1.67. The summed E-state index contributed by atoms with van der Waals surface area (Å²) in [5.74, 6) is 0.666. The van der Waals surface area contributed by atoms with Crippen LogP contribution in [0.3, 0.4) is 0 Å². The van der Waals surface area contributed by atoms with Gasteiger partial charge in [0.25, 0.3) is 0 Å². The minimum absolute atomic E-state index is 0.666. The van der Waals surface area contributed by atoms with E-state index in [4.69, 9.17) is 5.73 Å². The van der Waals surface area contributed by atoms with Crippen LogP contribution in [0.5, 0.6) is 0 Å². The van der Waals surface area contributed by atoms with Crippen LogP contribution in [0.4, 0.5) is 0 Å². The number of rotatable bonds is 6. The van der Waals surface area contributed by atoms with Crippen molar-refractivity contribution in [1.82, 2.24) is 5.32 Å². The zero-order valence-electron chi connectivity index (χ0n) is 9.79. The van der Waals surface area contributed by atoms with Crippen LogP contribution in [0.2, 0.25) is 0 Å². The van der Waals surface area contributed by atoms with E-state index >= 15 is 0 Å². The topological polar surface area (TPSA) is 38.0 Å². The lowest BCUT2D eigenvalue weighted by Gasteiger charge is -2.11. The second-order valence-corrected chi connectivity index (χ2v) is 4.30. The van der Waals surface area contributed by atoms with E-state index in [-0.39, 0.29) is 0 Å². The molecule has 0 bridgehead atoms. The van der Waals surface area contributed by atoms with Gasteiger partial charge in [-0.1, -0.05) is 36.8 Å². The highest BCUT2D eigenvalue weighted by Crippen LogP contribution is 2.04. The average molecular weight is 206 g/mol. The van der Waals surface area contributed by atoms with Crippen LogP contribution < -0.4 is 11.1 Å². The Hall–Kier alpha value is -0.860. The van der Waals surface area contributed by atoms with E-state index in [0.29, 0.717) is 5.92 Å². The molecule has 0 saturated heterocycles. The summed E-state index contributed by atoms with van der Waals surface area (Å²) in [6.45, 7) is 7.14. The molecule has 2 nitrogen and oxygen atoms in total. The standard InChI is InChI=1S/C13H22N2/c1-11-4-3-5-13(8-11)10-15-9-12(2)6-7-14/h3-5,8,12,15H,6-7,9-10,14H2,1-2H3. The Morgan fingerprint density at radius 1 is 1.40 bits per heavy atom. The number of hydrogen-bond acceptors (Lipinski definition) is 2. The molecule has 0 radical (unpaired) electrons. The quantitative estimate of drug-likeness (QED) is 0.748. The second kappa shape index (κ2) is 6.59. The maximum absolute atomic E-state index is 5.50.